The van der Waals surface area contributed by atoms with E-state index in [2.05, 4.69) is 62.5 Å². The fraction of sp³-hybridized carbons (Fsp3) is 0. The van der Waals surface area contributed by atoms with Gasteiger partial charge in [0.15, 0.2) is 5.69 Å². The van der Waals surface area contributed by atoms with Crippen LogP contribution in [0.1, 0.15) is 5.56 Å². The molecule has 0 spiro atoms. The largest absolute Gasteiger partial charge is 0.456 e. The van der Waals surface area contributed by atoms with Crippen molar-refractivity contribution in [2.75, 3.05) is 0 Å². The first-order valence-electron chi connectivity index (χ1n) is 13.9. The number of hydrogen-bond donors (Lipinski definition) is 0. The van der Waals surface area contributed by atoms with Crippen molar-refractivity contribution in [3.05, 3.63) is 132 Å². The first-order chi connectivity index (χ1) is 21.2. The highest BCUT2D eigenvalue weighted by molar-refractivity contribution is 6.17. The van der Waals surface area contributed by atoms with Crippen LogP contribution in [0.4, 0.5) is 5.69 Å². The normalized spacial score (nSPS) is 11.7. The third kappa shape index (κ3) is 3.23. The monoisotopic (exact) mass is 549 g/mol. The number of nitriles is 1. The zero-order valence-corrected chi connectivity index (χ0v) is 22.6. The number of benzene rings is 5. The molecular formula is C37H19N5O. The Kier molecular flexibility index (Phi) is 4.65. The van der Waals surface area contributed by atoms with Crippen molar-refractivity contribution in [3.63, 3.8) is 0 Å². The van der Waals surface area contributed by atoms with Gasteiger partial charge in [-0.25, -0.2) is 9.83 Å². The lowest BCUT2D eigenvalue weighted by Gasteiger charge is -2.11. The first kappa shape index (κ1) is 23.3. The summed E-state index contributed by atoms with van der Waals surface area (Å²) < 4.78 is 10.6. The van der Waals surface area contributed by atoms with Crippen LogP contribution in [-0.2, 0) is 0 Å². The molecule has 0 unspecified atom stereocenters. The minimum absolute atomic E-state index is 0.590. The molecule has 198 valence electrons. The molecule has 9 rings (SSSR count). The maximum Gasteiger partial charge on any atom is 0.188 e. The maximum absolute atomic E-state index is 9.55. The van der Waals surface area contributed by atoms with E-state index >= 15 is 0 Å². The quantitative estimate of drug-likeness (QED) is 0.202. The van der Waals surface area contributed by atoms with Gasteiger partial charge in [0, 0.05) is 38.4 Å². The van der Waals surface area contributed by atoms with Crippen molar-refractivity contribution in [1.82, 2.24) is 14.1 Å². The Balaban J connectivity index is 1.33. The van der Waals surface area contributed by atoms with E-state index in [1.54, 1.807) is 6.07 Å². The van der Waals surface area contributed by atoms with E-state index < -0.39 is 0 Å². The van der Waals surface area contributed by atoms with Crippen LogP contribution < -0.4 is 0 Å². The van der Waals surface area contributed by atoms with Gasteiger partial charge in [-0.1, -0.05) is 48.5 Å². The number of rotatable bonds is 2. The Hall–Kier alpha value is -6.37. The Morgan fingerprint density at radius 1 is 0.581 bits per heavy atom. The molecule has 0 fully saturated rings. The van der Waals surface area contributed by atoms with Crippen LogP contribution in [0.3, 0.4) is 0 Å². The summed E-state index contributed by atoms with van der Waals surface area (Å²) in [5, 5.41) is 15.8. The lowest BCUT2D eigenvalue weighted by Crippen LogP contribution is -2.03. The van der Waals surface area contributed by atoms with Gasteiger partial charge in [-0.3, -0.25) is 9.13 Å². The summed E-state index contributed by atoms with van der Waals surface area (Å²) in [5.74, 6) is 1.57. The zero-order valence-electron chi connectivity index (χ0n) is 22.6. The Labute approximate surface area is 244 Å². The molecule has 0 bridgehead atoms. The van der Waals surface area contributed by atoms with Crippen molar-refractivity contribution in [1.29, 1.82) is 5.26 Å². The summed E-state index contributed by atoms with van der Waals surface area (Å²) in [6, 6.07) is 40.6. The number of pyridine rings is 1. The summed E-state index contributed by atoms with van der Waals surface area (Å²) >= 11 is 0. The minimum atomic E-state index is 0.590. The lowest BCUT2D eigenvalue weighted by molar-refractivity contribution is 0.669. The molecule has 4 heterocycles. The van der Waals surface area contributed by atoms with Crippen LogP contribution in [0, 0.1) is 17.9 Å². The van der Waals surface area contributed by atoms with E-state index in [0.29, 0.717) is 11.3 Å². The molecule has 5 aromatic carbocycles. The van der Waals surface area contributed by atoms with Crippen LogP contribution in [0.15, 0.2) is 120 Å². The number of aromatic nitrogens is 3. The number of para-hydroxylation sites is 2. The molecule has 43 heavy (non-hydrogen) atoms. The van der Waals surface area contributed by atoms with Crippen LogP contribution in [0.5, 0.6) is 0 Å². The molecule has 0 aliphatic carbocycles. The first-order valence-corrected chi connectivity index (χ1v) is 13.9. The van der Waals surface area contributed by atoms with Gasteiger partial charge < -0.3 is 4.42 Å². The zero-order chi connectivity index (χ0) is 28.7. The molecule has 0 atom stereocenters. The minimum Gasteiger partial charge on any atom is -0.456 e. The molecule has 0 aliphatic rings. The third-order valence-electron chi connectivity index (χ3n) is 8.36. The maximum atomic E-state index is 9.55. The van der Waals surface area contributed by atoms with Gasteiger partial charge in [-0.2, -0.15) is 5.26 Å². The summed E-state index contributed by atoms with van der Waals surface area (Å²) in [6.45, 7) is 7.46. The summed E-state index contributed by atoms with van der Waals surface area (Å²) in [5.41, 5.74) is 6.80. The van der Waals surface area contributed by atoms with Gasteiger partial charge in [-0.05, 0) is 60.7 Å². The SMILES string of the molecule is [C-]#[N+]c1ccc2oc3cc4c(cc3c2c1)c1ccccc1n4-c1cccc(-n2c3ccccc3c3cc(C#N)ccc32)n1. The second-order valence-electron chi connectivity index (χ2n) is 10.7. The fourth-order valence-electron chi connectivity index (χ4n) is 6.49. The molecule has 0 radical (unpaired) electrons. The molecule has 6 heteroatoms. The van der Waals surface area contributed by atoms with Crippen LogP contribution in [0.2, 0.25) is 0 Å². The number of fused-ring (bicyclic) bond motifs is 9. The van der Waals surface area contributed by atoms with E-state index in [4.69, 9.17) is 16.0 Å². The topological polar surface area (TPSA) is 64.0 Å². The summed E-state index contributed by atoms with van der Waals surface area (Å²) in [7, 11) is 0. The number of nitrogens with zero attached hydrogens (tertiary/aromatic N) is 5. The summed E-state index contributed by atoms with van der Waals surface area (Å²) in [4.78, 5) is 8.86. The van der Waals surface area contributed by atoms with Crippen LogP contribution in [0.25, 0.3) is 82.0 Å². The van der Waals surface area contributed by atoms with Crippen molar-refractivity contribution in [2.45, 2.75) is 0 Å². The van der Waals surface area contributed by atoms with Crippen LogP contribution in [-0.4, -0.2) is 14.1 Å². The van der Waals surface area contributed by atoms with Crippen molar-refractivity contribution >= 4 is 71.2 Å². The molecule has 0 aliphatic heterocycles. The average Bonchev–Trinajstić information content (AvgIpc) is 3.70. The van der Waals surface area contributed by atoms with E-state index in [-0.39, 0.29) is 0 Å². The second-order valence-corrected chi connectivity index (χ2v) is 10.7. The lowest BCUT2D eigenvalue weighted by atomic mass is 10.1. The molecule has 0 saturated heterocycles. The smallest absolute Gasteiger partial charge is 0.188 e. The fourth-order valence-corrected chi connectivity index (χ4v) is 6.49. The Bertz CT molecular complexity index is 2710. The predicted octanol–water partition coefficient (Wildman–Crippen LogP) is 9.60. The van der Waals surface area contributed by atoms with E-state index in [1.807, 2.05) is 66.7 Å². The van der Waals surface area contributed by atoms with Crippen LogP contribution >= 0.6 is 0 Å². The molecule has 4 aromatic heterocycles. The van der Waals surface area contributed by atoms with Gasteiger partial charge in [0.2, 0.25) is 0 Å². The van der Waals surface area contributed by atoms with Gasteiger partial charge in [0.1, 0.15) is 22.8 Å². The van der Waals surface area contributed by atoms with E-state index in [0.717, 1.165) is 77.2 Å². The van der Waals surface area contributed by atoms with Gasteiger partial charge in [0.25, 0.3) is 0 Å². The standard InChI is InChI=1S/C37H19N5O/c1-39-23-14-16-34-28(18-23)29-19-27-25-8-3-5-10-31(25)42(33(27)20-35(29)43-34)37-12-6-11-36(40-37)41-30-9-4-2-7-24(30)26-17-22(21-38)13-15-32(26)41/h2-20H. The molecule has 0 saturated carbocycles. The van der Waals surface area contributed by atoms with Crippen molar-refractivity contribution < 1.29 is 4.42 Å². The van der Waals surface area contributed by atoms with Gasteiger partial charge in [-0.15, -0.1) is 0 Å². The van der Waals surface area contributed by atoms with Crippen molar-refractivity contribution in [3.8, 4) is 17.7 Å². The average molecular weight is 550 g/mol. The predicted molar refractivity (Wildman–Crippen MR) is 171 cm³/mol. The second kappa shape index (κ2) is 8.57. The van der Waals surface area contributed by atoms with E-state index in [9.17, 15) is 5.26 Å². The summed E-state index contributed by atoms with van der Waals surface area (Å²) in [6.07, 6.45) is 0. The highest BCUT2D eigenvalue weighted by Gasteiger charge is 2.19. The molecular weight excluding hydrogens is 530 g/mol. The number of furan rings is 1. The van der Waals surface area contributed by atoms with Gasteiger partial charge >= 0.3 is 0 Å². The molecule has 0 N–H and O–H groups in total. The molecule has 6 nitrogen and oxygen atoms in total. The highest BCUT2D eigenvalue weighted by Crippen LogP contribution is 2.39. The van der Waals surface area contributed by atoms with E-state index in [1.165, 1.54) is 0 Å². The Morgan fingerprint density at radius 3 is 1.95 bits per heavy atom. The Morgan fingerprint density at radius 2 is 1.23 bits per heavy atom. The van der Waals surface area contributed by atoms with Crippen molar-refractivity contribution in [2.24, 2.45) is 0 Å². The molecule has 9 aromatic rings. The number of hydrogen-bond acceptors (Lipinski definition) is 3. The highest BCUT2D eigenvalue weighted by atomic mass is 16.3. The van der Waals surface area contributed by atoms with Gasteiger partial charge in [0.05, 0.1) is 40.3 Å². The molecule has 0 amide bonds. The third-order valence-corrected chi connectivity index (χ3v) is 8.36.